The van der Waals surface area contributed by atoms with E-state index in [0.717, 1.165) is 17.7 Å². The quantitative estimate of drug-likeness (QED) is 0.855. The first kappa shape index (κ1) is 14.8. The Morgan fingerprint density at radius 1 is 1.56 bits per heavy atom. The number of carbonyl (C=O) groups is 1. The lowest BCUT2D eigenvalue weighted by Gasteiger charge is -2.23. The molecule has 0 bridgehead atoms. The fourth-order valence-electron chi connectivity index (χ4n) is 1.46. The van der Waals surface area contributed by atoms with E-state index in [1.54, 1.807) is 17.8 Å². The number of amides is 1. The zero-order valence-corrected chi connectivity index (χ0v) is 12.3. The molecule has 0 atom stereocenters. The summed E-state index contributed by atoms with van der Waals surface area (Å²) in [6, 6.07) is 0. The molecular weight excluding hydrogens is 250 g/mol. The Bertz CT molecular complexity index is 475. The zero-order valence-electron chi connectivity index (χ0n) is 11.5. The average molecular weight is 270 g/mol. The third kappa shape index (κ3) is 3.60. The molecule has 1 aromatic heterocycles. The Labute approximate surface area is 113 Å². The van der Waals surface area contributed by atoms with Crippen LogP contribution in [-0.4, -0.2) is 21.2 Å². The van der Waals surface area contributed by atoms with Gasteiger partial charge < -0.3 is 5.32 Å². The van der Waals surface area contributed by atoms with Crippen LogP contribution in [0, 0.1) is 6.92 Å². The van der Waals surface area contributed by atoms with Gasteiger partial charge in [0.2, 0.25) is 5.91 Å². The maximum atomic E-state index is 11.8. The topological polar surface area (TPSA) is 46.9 Å². The largest absolute Gasteiger partial charge is 0.348 e. The molecule has 0 saturated heterocycles. The van der Waals surface area contributed by atoms with Crippen molar-refractivity contribution in [2.75, 3.05) is 0 Å². The zero-order chi connectivity index (χ0) is 13.9. The molecule has 0 aliphatic rings. The van der Waals surface area contributed by atoms with Crippen LogP contribution in [0.4, 0.5) is 0 Å². The molecule has 0 unspecified atom stereocenters. The fourth-order valence-corrected chi connectivity index (χ4v) is 1.70. The van der Waals surface area contributed by atoms with E-state index in [2.05, 4.69) is 10.4 Å². The minimum absolute atomic E-state index is 0.124. The summed E-state index contributed by atoms with van der Waals surface area (Å²) in [7, 11) is 1.77. The van der Waals surface area contributed by atoms with Crippen LogP contribution in [0.1, 0.15) is 38.4 Å². The van der Waals surface area contributed by atoms with Gasteiger partial charge in [-0.05, 0) is 33.3 Å². The smallest absolute Gasteiger partial charge is 0.244 e. The first-order chi connectivity index (χ1) is 8.26. The van der Waals surface area contributed by atoms with Crippen molar-refractivity contribution in [2.24, 2.45) is 7.05 Å². The summed E-state index contributed by atoms with van der Waals surface area (Å²) < 4.78 is 1.59. The van der Waals surface area contributed by atoms with E-state index in [1.165, 1.54) is 6.08 Å². The van der Waals surface area contributed by atoms with Crippen LogP contribution in [0.3, 0.4) is 0 Å². The molecule has 100 valence electrons. The molecule has 1 amide bonds. The maximum Gasteiger partial charge on any atom is 0.244 e. The summed E-state index contributed by atoms with van der Waals surface area (Å²) in [5.74, 6) is -0.124. The Hall–Kier alpha value is -1.29. The van der Waals surface area contributed by atoms with Crippen molar-refractivity contribution >= 4 is 23.6 Å². The van der Waals surface area contributed by atoms with Gasteiger partial charge in [0.1, 0.15) is 5.15 Å². The summed E-state index contributed by atoms with van der Waals surface area (Å²) in [6.07, 6.45) is 4.07. The van der Waals surface area contributed by atoms with Gasteiger partial charge in [-0.15, -0.1) is 0 Å². The van der Waals surface area contributed by atoms with Crippen molar-refractivity contribution in [3.05, 3.63) is 22.5 Å². The van der Waals surface area contributed by atoms with Crippen LogP contribution < -0.4 is 5.32 Å². The minimum Gasteiger partial charge on any atom is -0.348 e. The highest BCUT2D eigenvalue weighted by molar-refractivity contribution is 6.31. The molecule has 0 radical (unpaired) electrons. The standard InChI is InChI=1S/C13H20ClN3O/c1-6-13(3,4)15-11(18)8-7-10-9(2)16-17(5)12(10)14/h7-8H,6H2,1-5H3,(H,15,18)/b8-7+. The van der Waals surface area contributed by atoms with Gasteiger partial charge >= 0.3 is 0 Å². The SMILES string of the molecule is CCC(C)(C)NC(=O)/C=C/c1c(C)nn(C)c1Cl. The molecule has 0 aliphatic heterocycles. The average Bonchev–Trinajstić information content (AvgIpc) is 2.50. The molecule has 1 N–H and O–H groups in total. The highest BCUT2D eigenvalue weighted by atomic mass is 35.5. The van der Waals surface area contributed by atoms with Crippen molar-refractivity contribution in [1.82, 2.24) is 15.1 Å². The maximum absolute atomic E-state index is 11.8. The minimum atomic E-state index is -0.199. The van der Waals surface area contributed by atoms with Crippen molar-refractivity contribution < 1.29 is 4.79 Å². The van der Waals surface area contributed by atoms with Gasteiger partial charge in [-0.3, -0.25) is 9.48 Å². The molecular formula is C13H20ClN3O. The van der Waals surface area contributed by atoms with Crippen LogP contribution in [0.25, 0.3) is 6.08 Å². The Morgan fingerprint density at radius 2 is 2.17 bits per heavy atom. The highest BCUT2D eigenvalue weighted by Crippen LogP contribution is 2.19. The van der Waals surface area contributed by atoms with Crippen LogP contribution in [0.15, 0.2) is 6.08 Å². The summed E-state index contributed by atoms with van der Waals surface area (Å²) in [6.45, 7) is 7.87. The molecule has 1 rings (SSSR count). The fraction of sp³-hybridized carbons (Fsp3) is 0.538. The van der Waals surface area contributed by atoms with Crippen molar-refractivity contribution in [3.8, 4) is 0 Å². The van der Waals surface area contributed by atoms with E-state index in [1.807, 2.05) is 27.7 Å². The molecule has 18 heavy (non-hydrogen) atoms. The molecule has 0 aromatic carbocycles. The molecule has 4 nitrogen and oxygen atoms in total. The predicted molar refractivity (Wildman–Crippen MR) is 74.5 cm³/mol. The summed E-state index contributed by atoms with van der Waals surface area (Å²) in [5, 5.41) is 7.64. The number of nitrogens with zero attached hydrogens (tertiary/aromatic N) is 2. The van der Waals surface area contributed by atoms with Gasteiger partial charge in [-0.2, -0.15) is 5.10 Å². The van der Waals surface area contributed by atoms with Gasteiger partial charge in [0.05, 0.1) is 5.69 Å². The number of hydrogen-bond donors (Lipinski definition) is 1. The molecule has 0 aliphatic carbocycles. The Morgan fingerprint density at radius 3 is 2.61 bits per heavy atom. The van der Waals surface area contributed by atoms with Crippen LogP contribution in [-0.2, 0) is 11.8 Å². The van der Waals surface area contributed by atoms with E-state index in [-0.39, 0.29) is 11.4 Å². The first-order valence-electron chi connectivity index (χ1n) is 5.96. The number of hydrogen-bond acceptors (Lipinski definition) is 2. The molecule has 0 spiro atoms. The van der Waals surface area contributed by atoms with Crippen molar-refractivity contribution in [2.45, 2.75) is 39.7 Å². The van der Waals surface area contributed by atoms with E-state index in [4.69, 9.17) is 11.6 Å². The van der Waals surface area contributed by atoms with Gasteiger partial charge in [-0.25, -0.2) is 0 Å². The van der Waals surface area contributed by atoms with Gasteiger partial charge in [0, 0.05) is 24.2 Å². The van der Waals surface area contributed by atoms with Gasteiger partial charge in [0.25, 0.3) is 0 Å². The summed E-state index contributed by atoms with van der Waals surface area (Å²) in [4.78, 5) is 11.8. The van der Waals surface area contributed by atoms with Crippen LogP contribution in [0.2, 0.25) is 5.15 Å². The third-order valence-corrected chi connectivity index (χ3v) is 3.39. The Balaban J connectivity index is 2.78. The lowest BCUT2D eigenvalue weighted by Crippen LogP contribution is -2.41. The lowest BCUT2D eigenvalue weighted by molar-refractivity contribution is -0.117. The first-order valence-corrected chi connectivity index (χ1v) is 6.34. The molecule has 1 heterocycles. The van der Waals surface area contributed by atoms with Gasteiger partial charge in [-0.1, -0.05) is 18.5 Å². The second kappa shape index (κ2) is 5.57. The van der Waals surface area contributed by atoms with Gasteiger partial charge in [0.15, 0.2) is 0 Å². The second-order valence-corrected chi connectivity index (χ2v) is 5.33. The highest BCUT2D eigenvalue weighted by Gasteiger charge is 2.16. The summed E-state index contributed by atoms with van der Waals surface area (Å²) >= 11 is 6.08. The predicted octanol–water partition coefficient (Wildman–Crippen LogP) is 2.70. The molecule has 1 aromatic rings. The number of rotatable bonds is 4. The van der Waals surface area contributed by atoms with Crippen LogP contribution >= 0.6 is 11.6 Å². The van der Waals surface area contributed by atoms with Crippen molar-refractivity contribution in [3.63, 3.8) is 0 Å². The monoisotopic (exact) mass is 269 g/mol. The van der Waals surface area contributed by atoms with Crippen LogP contribution in [0.5, 0.6) is 0 Å². The molecule has 0 saturated carbocycles. The van der Waals surface area contributed by atoms with Crippen molar-refractivity contribution in [1.29, 1.82) is 0 Å². The molecule has 5 heteroatoms. The lowest BCUT2D eigenvalue weighted by atomic mass is 10.0. The van der Waals surface area contributed by atoms with E-state index in [0.29, 0.717) is 5.15 Å². The van der Waals surface area contributed by atoms with E-state index < -0.39 is 0 Å². The number of halogens is 1. The van der Waals surface area contributed by atoms with E-state index >= 15 is 0 Å². The number of aryl methyl sites for hydroxylation is 2. The normalized spacial score (nSPS) is 12.1. The third-order valence-electron chi connectivity index (χ3n) is 2.94. The number of nitrogens with one attached hydrogen (secondary N) is 1. The van der Waals surface area contributed by atoms with E-state index in [9.17, 15) is 4.79 Å². The Kier molecular flexibility index (Phi) is 4.57. The summed E-state index contributed by atoms with van der Waals surface area (Å²) in [5.41, 5.74) is 1.39. The second-order valence-electron chi connectivity index (χ2n) is 4.97. The number of carbonyl (C=O) groups excluding carboxylic acids is 1. The molecule has 0 fully saturated rings. The number of aromatic nitrogens is 2.